The molecule has 0 fully saturated rings. The summed E-state index contributed by atoms with van der Waals surface area (Å²) in [6.07, 6.45) is -0.204. The van der Waals surface area contributed by atoms with Gasteiger partial charge in [0.25, 0.3) is 0 Å². The van der Waals surface area contributed by atoms with Crippen molar-refractivity contribution in [3.05, 3.63) is 0 Å². The maximum absolute atomic E-state index is 5.72. The van der Waals surface area contributed by atoms with Gasteiger partial charge in [-0.2, -0.15) is 0 Å². The van der Waals surface area contributed by atoms with E-state index in [1.807, 2.05) is 38.0 Å². The van der Waals surface area contributed by atoms with Crippen molar-refractivity contribution in [2.45, 2.75) is 12.3 Å². The first kappa shape index (κ1) is 9.84. The van der Waals surface area contributed by atoms with Gasteiger partial charge < -0.3 is 11.5 Å². The topological polar surface area (TPSA) is 58.5 Å². The van der Waals surface area contributed by atoms with E-state index in [0.717, 1.165) is 0 Å². The molecule has 2 unspecified atom stereocenters. The predicted octanol–water partition coefficient (Wildman–Crippen LogP) is -1.32. The minimum absolute atomic E-state index is 0.102. The Kier molecular flexibility index (Phi) is 3.81. The molecule has 0 aliphatic carbocycles. The van der Waals surface area contributed by atoms with Crippen LogP contribution in [0.2, 0.25) is 0 Å². The summed E-state index contributed by atoms with van der Waals surface area (Å²) in [5.41, 5.74) is 11.4. The maximum atomic E-state index is 5.72. The molecule has 0 bridgehead atoms. The van der Waals surface area contributed by atoms with Gasteiger partial charge in [0.05, 0.1) is 12.3 Å². The van der Waals surface area contributed by atoms with Crippen LogP contribution in [-0.4, -0.2) is 50.3 Å². The summed E-state index contributed by atoms with van der Waals surface area (Å²) in [6.45, 7) is 0. The van der Waals surface area contributed by atoms with Crippen molar-refractivity contribution in [1.82, 2.24) is 9.80 Å². The average Bonchev–Trinajstić information content (AvgIpc) is 1.84. The summed E-state index contributed by atoms with van der Waals surface area (Å²) >= 11 is 0. The number of hydrogen-bond acceptors (Lipinski definition) is 4. The monoisotopic (exact) mass is 146 g/mol. The zero-order valence-corrected chi connectivity index (χ0v) is 7.20. The minimum atomic E-state index is -0.102. The number of likely N-dealkylation sites (N-methyl/N-ethyl adjacent to an activating group) is 2. The number of hydrogen-bond donors (Lipinski definition) is 2. The average molecular weight is 146 g/mol. The van der Waals surface area contributed by atoms with Gasteiger partial charge in [-0.15, -0.1) is 0 Å². The van der Waals surface area contributed by atoms with E-state index in [1.54, 1.807) is 0 Å². The molecule has 10 heavy (non-hydrogen) atoms. The predicted molar refractivity (Wildman–Crippen MR) is 43.3 cm³/mol. The molecule has 0 aromatic heterocycles. The molecule has 0 saturated heterocycles. The minimum Gasteiger partial charge on any atom is -0.313 e. The molecule has 62 valence electrons. The quantitative estimate of drug-likeness (QED) is 0.485. The molecule has 0 radical (unpaired) electrons. The molecular weight excluding hydrogens is 128 g/mol. The van der Waals surface area contributed by atoms with Gasteiger partial charge in [-0.05, 0) is 28.2 Å². The van der Waals surface area contributed by atoms with Crippen LogP contribution in [0.1, 0.15) is 0 Å². The molecule has 0 heterocycles. The van der Waals surface area contributed by atoms with Crippen molar-refractivity contribution in [1.29, 1.82) is 0 Å². The third kappa shape index (κ3) is 2.62. The third-order valence-electron chi connectivity index (χ3n) is 1.54. The molecule has 0 saturated carbocycles. The molecule has 0 aromatic rings. The lowest BCUT2D eigenvalue weighted by atomic mass is 10.3. The van der Waals surface area contributed by atoms with Gasteiger partial charge in [0.15, 0.2) is 0 Å². The van der Waals surface area contributed by atoms with E-state index in [9.17, 15) is 0 Å². The van der Waals surface area contributed by atoms with E-state index in [2.05, 4.69) is 0 Å². The van der Waals surface area contributed by atoms with Crippen LogP contribution in [0.5, 0.6) is 0 Å². The first-order valence-corrected chi connectivity index (χ1v) is 3.31. The van der Waals surface area contributed by atoms with Crippen molar-refractivity contribution in [2.24, 2.45) is 11.5 Å². The Labute approximate surface area is 62.8 Å². The number of nitrogens with two attached hydrogens (primary N) is 2. The van der Waals surface area contributed by atoms with Crippen molar-refractivity contribution in [3.8, 4) is 0 Å². The van der Waals surface area contributed by atoms with Crippen LogP contribution in [0.4, 0.5) is 0 Å². The Bertz CT molecular complexity index is 79.7. The van der Waals surface area contributed by atoms with Crippen molar-refractivity contribution in [2.75, 3.05) is 28.2 Å². The highest BCUT2D eigenvalue weighted by atomic mass is 15.3. The van der Waals surface area contributed by atoms with Gasteiger partial charge in [0.1, 0.15) is 0 Å². The van der Waals surface area contributed by atoms with Gasteiger partial charge in [-0.25, -0.2) is 0 Å². The molecule has 0 rings (SSSR count). The maximum Gasteiger partial charge on any atom is 0.0861 e. The summed E-state index contributed by atoms with van der Waals surface area (Å²) in [6, 6.07) is 0. The van der Waals surface area contributed by atoms with Crippen LogP contribution >= 0.6 is 0 Å². The number of nitrogens with zero attached hydrogens (tertiary/aromatic N) is 2. The highest BCUT2D eigenvalue weighted by Gasteiger charge is 2.16. The van der Waals surface area contributed by atoms with Crippen molar-refractivity contribution in [3.63, 3.8) is 0 Å². The highest BCUT2D eigenvalue weighted by molar-refractivity contribution is 4.70. The Morgan fingerprint density at radius 3 is 1.10 bits per heavy atom. The van der Waals surface area contributed by atoms with E-state index in [0.29, 0.717) is 0 Å². The fourth-order valence-corrected chi connectivity index (χ4v) is 0.611. The zero-order valence-electron chi connectivity index (χ0n) is 7.20. The van der Waals surface area contributed by atoms with E-state index in [4.69, 9.17) is 11.5 Å². The van der Waals surface area contributed by atoms with Gasteiger partial charge in [-0.3, -0.25) is 9.80 Å². The second-order valence-corrected chi connectivity index (χ2v) is 2.91. The normalized spacial score (nSPS) is 18.0. The molecular formula is C6H18N4. The highest BCUT2D eigenvalue weighted by Crippen LogP contribution is 1.92. The van der Waals surface area contributed by atoms with Crippen molar-refractivity contribution < 1.29 is 0 Å². The SMILES string of the molecule is CN(C)C(N)C(N)N(C)C. The fourth-order valence-electron chi connectivity index (χ4n) is 0.611. The Hall–Kier alpha value is -0.160. The molecule has 4 nitrogen and oxygen atoms in total. The molecule has 0 spiro atoms. The Morgan fingerprint density at radius 1 is 0.800 bits per heavy atom. The van der Waals surface area contributed by atoms with Crippen molar-refractivity contribution >= 4 is 0 Å². The van der Waals surface area contributed by atoms with Gasteiger partial charge in [0, 0.05) is 0 Å². The third-order valence-corrected chi connectivity index (χ3v) is 1.54. The number of rotatable bonds is 3. The smallest absolute Gasteiger partial charge is 0.0861 e. The van der Waals surface area contributed by atoms with E-state index in [1.165, 1.54) is 0 Å². The Balaban J connectivity index is 3.81. The first-order chi connectivity index (χ1) is 4.46. The standard InChI is InChI=1S/C6H18N4/c1-9(2)5(7)6(8)10(3)4/h5-6H,7-8H2,1-4H3. The lowest BCUT2D eigenvalue weighted by molar-refractivity contribution is 0.159. The zero-order chi connectivity index (χ0) is 8.31. The van der Waals surface area contributed by atoms with Gasteiger partial charge in [0.2, 0.25) is 0 Å². The molecule has 0 aromatic carbocycles. The summed E-state index contributed by atoms with van der Waals surface area (Å²) in [5, 5.41) is 0. The summed E-state index contributed by atoms with van der Waals surface area (Å²) in [7, 11) is 7.64. The van der Waals surface area contributed by atoms with Crippen LogP contribution in [-0.2, 0) is 0 Å². The Morgan fingerprint density at radius 2 is 1.00 bits per heavy atom. The van der Waals surface area contributed by atoms with E-state index >= 15 is 0 Å². The lowest BCUT2D eigenvalue weighted by Gasteiger charge is -2.30. The summed E-state index contributed by atoms with van der Waals surface area (Å²) in [5.74, 6) is 0. The van der Waals surface area contributed by atoms with Crippen LogP contribution in [0, 0.1) is 0 Å². The molecule has 4 heteroatoms. The second kappa shape index (κ2) is 3.88. The second-order valence-electron chi connectivity index (χ2n) is 2.91. The van der Waals surface area contributed by atoms with Gasteiger partial charge in [-0.1, -0.05) is 0 Å². The fraction of sp³-hybridized carbons (Fsp3) is 1.00. The molecule has 0 aliphatic heterocycles. The molecule has 0 amide bonds. The van der Waals surface area contributed by atoms with Gasteiger partial charge >= 0.3 is 0 Å². The van der Waals surface area contributed by atoms with E-state index in [-0.39, 0.29) is 12.3 Å². The van der Waals surface area contributed by atoms with Crippen LogP contribution in [0.15, 0.2) is 0 Å². The lowest BCUT2D eigenvalue weighted by Crippen LogP contribution is -2.56. The molecule has 2 atom stereocenters. The molecule has 4 N–H and O–H groups in total. The van der Waals surface area contributed by atoms with Crippen LogP contribution in [0.25, 0.3) is 0 Å². The van der Waals surface area contributed by atoms with Crippen LogP contribution < -0.4 is 11.5 Å². The largest absolute Gasteiger partial charge is 0.313 e. The van der Waals surface area contributed by atoms with Crippen LogP contribution in [0.3, 0.4) is 0 Å². The summed E-state index contributed by atoms with van der Waals surface area (Å²) in [4.78, 5) is 3.79. The first-order valence-electron chi connectivity index (χ1n) is 3.31. The van der Waals surface area contributed by atoms with E-state index < -0.39 is 0 Å². The summed E-state index contributed by atoms with van der Waals surface area (Å²) < 4.78 is 0. The molecule has 0 aliphatic rings.